The highest BCUT2D eigenvalue weighted by Crippen LogP contribution is 2.42. The number of amides is 1. The first kappa shape index (κ1) is 16.6. The molecule has 1 fully saturated rings. The second-order valence-electron chi connectivity index (χ2n) is 8.07. The quantitative estimate of drug-likeness (QED) is 0.695. The highest BCUT2D eigenvalue weighted by Gasteiger charge is 2.33. The molecule has 5 heterocycles. The molecule has 0 radical (unpaired) electrons. The summed E-state index contributed by atoms with van der Waals surface area (Å²) in [5, 5.41) is 12.3. The first-order chi connectivity index (χ1) is 14.2. The van der Waals surface area contributed by atoms with Crippen molar-refractivity contribution in [1.29, 1.82) is 0 Å². The lowest BCUT2D eigenvalue weighted by Crippen LogP contribution is -2.14. The van der Waals surface area contributed by atoms with Gasteiger partial charge in [-0.25, -0.2) is 0 Å². The smallest absolute Gasteiger partial charge is 0.225 e. The van der Waals surface area contributed by atoms with Crippen LogP contribution in [0.2, 0.25) is 0 Å². The van der Waals surface area contributed by atoms with Crippen molar-refractivity contribution in [2.45, 2.75) is 44.7 Å². The average molecular weight is 387 g/mol. The second-order valence-corrected chi connectivity index (χ2v) is 8.07. The largest absolute Gasteiger partial charge is 0.309 e. The summed E-state index contributed by atoms with van der Waals surface area (Å²) in [7, 11) is 1.86. The molecule has 29 heavy (non-hydrogen) atoms. The van der Waals surface area contributed by atoms with Crippen molar-refractivity contribution in [3.63, 3.8) is 0 Å². The van der Waals surface area contributed by atoms with Crippen molar-refractivity contribution in [2.75, 3.05) is 5.32 Å². The summed E-state index contributed by atoms with van der Waals surface area (Å²) < 4.78 is 3.70. The number of nitrogens with zero attached hydrogens (tertiary/aromatic N) is 6. The molecular formula is C21H21N7O. The second kappa shape index (κ2) is 6.10. The minimum atomic E-state index is -0.0341. The highest BCUT2D eigenvalue weighted by atomic mass is 16.1. The molecule has 0 saturated heterocycles. The molecule has 0 aromatic carbocycles. The van der Waals surface area contributed by atoms with Crippen LogP contribution < -0.4 is 5.32 Å². The van der Waals surface area contributed by atoms with Gasteiger partial charge in [-0.1, -0.05) is 0 Å². The fourth-order valence-corrected chi connectivity index (χ4v) is 4.22. The van der Waals surface area contributed by atoms with Crippen molar-refractivity contribution >= 4 is 17.4 Å². The van der Waals surface area contributed by atoms with Crippen molar-refractivity contribution in [3.8, 4) is 11.1 Å². The van der Waals surface area contributed by atoms with E-state index >= 15 is 0 Å². The molecule has 0 unspecified atom stereocenters. The lowest BCUT2D eigenvalue weighted by Gasteiger charge is -2.09. The van der Waals surface area contributed by atoms with Crippen molar-refractivity contribution in [2.24, 2.45) is 12.0 Å². The van der Waals surface area contributed by atoms with Gasteiger partial charge in [0.15, 0.2) is 5.82 Å². The van der Waals surface area contributed by atoms with Gasteiger partial charge in [-0.2, -0.15) is 10.2 Å². The van der Waals surface area contributed by atoms with Crippen LogP contribution in [0, 0.1) is 0 Å². The van der Waals surface area contributed by atoms with Gasteiger partial charge in [0.05, 0.1) is 23.6 Å². The van der Waals surface area contributed by atoms with E-state index in [-0.39, 0.29) is 5.91 Å². The molecule has 0 spiro atoms. The summed E-state index contributed by atoms with van der Waals surface area (Å²) in [6.07, 6.45) is 9.39. The normalized spacial score (nSPS) is 18.1. The Morgan fingerprint density at radius 3 is 2.90 bits per heavy atom. The topological polar surface area (TPSA) is 90.0 Å². The molecule has 6 rings (SSSR count). The number of hydrogen-bond donors (Lipinski definition) is 1. The maximum absolute atomic E-state index is 12.5. The Morgan fingerprint density at radius 2 is 2.03 bits per heavy atom. The SMILES string of the molecule is Cn1cc2c(n1)NC(=O)CCCn1cc(c(C3CC3)n1)C1=NCc3ncc-2cc31. The molecule has 3 aliphatic rings. The van der Waals surface area contributed by atoms with Crippen LogP contribution in [-0.4, -0.2) is 36.2 Å². The monoisotopic (exact) mass is 387 g/mol. The van der Waals surface area contributed by atoms with Gasteiger partial charge in [0.25, 0.3) is 0 Å². The Kier molecular flexibility index (Phi) is 3.50. The molecule has 1 N–H and O–H groups in total. The number of hydrogen-bond acceptors (Lipinski definition) is 5. The highest BCUT2D eigenvalue weighted by molar-refractivity contribution is 6.16. The molecular weight excluding hydrogens is 366 g/mol. The van der Waals surface area contributed by atoms with E-state index in [9.17, 15) is 4.79 Å². The molecule has 4 bridgehead atoms. The Bertz CT molecular complexity index is 1180. The van der Waals surface area contributed by atoms with Crippen LogP contribution in [0.5, 0.6) is 0 Å². The standard InChI is InChI=1S/C21H21N7O/c1-27-10-15-13-7-14-17(22-8-13)9-23-20(14)16-11-28(25-19(16)12-4-5-12)6-2-3-18(29)24-21(15)26-27/h7-8,10-12H,2-6,9H2,1H3,(H,24,26,29). The van der Waals surface area contributed by atoms with E-state index in [0.29, 0.717) is 31.2 Å². The Balaban J connectivity index is 1.54. The van der Waals surface area contributed by atoms with Crippen molar-refractivity contribution in [3.05, 3.63) is 47.2 Å². The Labute approximate surface area is 167 Å². The minimum Gasteiger partial charge on any atom is -0.309 e. The number of aromatic nitrogens is 5. The van der Waals surface area contributed by atoms with Gasteiger partial charge < -0.3 is 5.32 Å². The van der Waals surface area contributed by atoms with E-state index in [0.717, 1.165) is 45.8 Å². The third-order valence-electron chi connectivity index (χ3n) is 5.81. The number of pyridine rings is 1. The summed E-state index contributed by atoms with van der Waals surface area (Å²) in [4.78, 5) is 22.0. The molecule has 1 amide bonds. The van der Waals surface area contributed by atoms with Crippen LogP contribution in [0.25, 0.3) is 11.1 Å². The average Bonchev–Trinajstić information content (AvgIpc) is 3.16. The van der Waals surface area contributed by atoms with E-state index in [2.05, 4.69) is 27.7 Å². The molecule has 146 valence electrons. The van der Waals surface area contributed by atoms with Gasteiger partial charge in [0.1, 0.15) is 0 Å². The maximum atomic E-state index is 12.5. The van der Waals surface area contributed by atoms with Crippen LogP contribution >= 0.6 is 0 Å². The van der Waals surface area contributed by atoms with Crippen LogP contribution in [0.15, 0.2) is 29.6 Å². The van der Waals surface area contributed by atoms with Gasteiger partial charge in [0, 0.05) is 66.8 Å². The van der Waals surface area contributed by atoms with Gasteiger partial charge in [-0.15, -0.1) is 0 Å². The number of nitrogens with one attached hydrogen (secondary N) is 1. The number of anilines is 1. The predicted molar refractivity (Wildman–Crippen MR) is 108 cm³/mol. The third kappa shape index (κ3) is 2.78. The van der Waals surface area contributed by atoms with Gasteiger partial charge in [-0.3, -0.25) is 24.1 Å². The minimum absolute atomic E-state index is 0.0341. The summed E-state index contributed by atoms with van der Waals surface area (Å²) in [6.45, 7) is 1.30. The number of fused-ring (bicyclic) bond motifs is 6. The molecule has 1 saturated carbocycles. The lowest BCUT2D eigenvalue weighted by molar-refractivity contribution is -0.116. The predicted octanol–water partition coefficient (Wildman–Crippen LogP) is 2.64. The fourth-order valence-electron chi connectivity index (χ4n) is 4.22. The zero-order valence-electron chi connectivity index (χ0n) is 16.2. The molecule has 3 aromatic heterocycles. The van der Waals surface area contributed by atoms with E-state index in [1.807, 2.05) is 24.1 Å². The number of carbonyl (C=O) groups is 1. The first-order valence-electron chi connectivity index (χ1n) is 10.1. The van der Waals surface area contributed by atoms with Crippen molar-refractivity contribution in [1.82, 2.24) is 24.5 Å². The summed E-state index contributed by atoms with van der Waals surface area (Å²) >= 11 is 0. The summed E-state index contributed by atoms with van der Waals surface area (Å²) in [5.74, 6) is 1.07. The lowest BCUT2D eigenvalue weighted by atomic mass is 9.99. The molecule has 3 aromatic rings. The molecule has 8 heteroatoms. The number of aliphatic imine (C=N–C) groups is 1. The Hall–Kier alpha value is -3.29. The first-order valence-corrected chi connectivity index (χ1v) is 10.1. The molecule has 1 aliphatic carbocycles. The number of carbonyl (C=O) groups excluding carboxylic acids is 1. The van der Waals surface area contributed by atoms with Crippen LogP contribution in [0.3, 0.4) is 0 Å². The van der Waals surface area contributed by atoms with Crippen molar-refractivity contribution < 1.29 is 4.79 Å². The molecule has 8 nitrogen and oxygen atoms in total. The number of aryl methyl sites for hydroxylation is 2. The van der Waals surface area contributed by atoms with Crippen LogP contribution in [0.4, 0.5) is 5.82 Å². The molecule has 2 aliphatic heterocycles. The number of rotatable bonds is 1. The van der Waals surface area contributed by atoms with Crippen LogP contribution in [-0.2, 0) is 24.9 Å². The fraction of sp³-hybridized carbons (Fsp3) is 0.381. The van der Waals surface area contributed by atoms with Gasteiger partial charge in [0.2, 0.25) is 5.91 Å². The Morgan fingerprint density at radius 1 is 1.14 bits per heavy atom. The summed E-state index contributed by atoms with van der Waals surface area (Å²) in [5.41, 5.74) is 7.11. The van der Waals surface area contributed by atoms with Crippen LogP contribution in [0.1, 0.15) is 54.1 Å². The summed E-state index contributed by atoms with van der Waals surface area (Å²) in [6, 6.07) is 2.13. The van der Waals surface area contributed by atoms with Gasteiger partial charge >= 0.3 is 0 Å². The van der Waals surface area contributed by atoms with Gasteiger partial charge in [-0.05, 0) is 25.3 Å². The van der Waals surface area contributed by atoms with E-state index in [1.54, 1.807) is 4.68 Å². The van der Waals surface area contributed by atoms with E-state index in [4.69, 9.17) is 10.1 Å². The van der Waals surface area contributed by atoms with E-state index in [1.165, 1.54) is 12.8 Å². The van der Waals surface area contributed by atoms with E-state index < -0.39 is 0 Å². The zero-order chi connectivity index (χ0) is 19.5. The molecule has 0 atom stereocenters. The third-order valence-corrected chi connectivity index (χ3v) is 5.81. The maximum Gasteiger partial charge on any atom is 0.225 e. The zero-order valence-corrected chi connectivity index (χ0v) is 16.2.